The lowest BCUT2D eigenvalue weighted by molar-refractivity contribution is 0.0570. The summed E-state index contributed by atoms with van der Waals surface area (Å²) >= 11 is 3.45. The lowest BCUT2D eigenvalue weighted by Crippen LogP contribution is -2.20. The molecule has 0 aliphatic carbocycles. The molecule has 0 fully saturated rings. The Morgan fingerprint density at radius 2 is 1.77 bits per heavy atom. The number of rotatable bonds is 12. The Hall–Kier alpha value is -1.46. The van der Waals surface area contributed by atoms with Crippen LogP contribution in [-0.4, -0.2) is 38.9 Å². The van der Waals surface area contributed by atoms with E-state index >= 15 is 0 Å². The van der Waals surface area contributed by atoms with E-state index < -0.39 is 0 Å². The minimum absolute atomic E-state index is 0.0455. The Morgan fingerprint density at radius 3 is 2.42 bits per heavy atom. The first-order valence-electron chi connectivity index (χ1n) is 9.19. The first-order chi connectivity index (χ1) is 12.7. The largest absolute Gasteiger partial charge is 0.493 e. The summed E-state index contributed by atoms with van der Waals surface area (Å²) in [5.74, 6) is 2.27. The fraction of sp³-hybridized carbons (Fsp3) is 0.524. The zero-order valence-corrected chi connectivity index (χ0v) is 17.5. The standard InChI is InChI=1S/C21H29BrO4/c1-4-5-8-13-25-21-18-10-7-6-9-17(18)19(14-20(21)24-3)26-15-16(23-2)11-12-22/h6-7,9-10,14,16H,4-5,8,11-13,15H2,1-3H3. The van der Waals surface area contributed by atoms with E-state index in [4.69, 9.17) is 18.9 Å². The van der Waals surface area contributed by atoms with Crippen LogP contribution in [0.3, 0.4) is 0 Å². The van der Waals surface area contributed by atoms with Gasteiger partial charge in [0.2, 0.25) is 0 Å². The number of benzene rings is 2. The van der Waals surface area contributed by atoms with Crippen molar-refractivity contribution in [2.45, 2.75) is 38.7 Å². The van der Waals surface area contributed by atoms with Gasteiger partial charge >= 0.3 is 0 Å². The number of alkyl halides is 1. The molecule has 26 heavy (non-hydrogen) atoms. The van der Waals surface area contributed by atoms with Crippen LogP contribution in [0.25, 0.3) is 10.8 Å². The molecule has 0 aliphatic rings. The second-order valence-corrected chi connectivity index (χ2v) is 6.95. The second kappa shape index (κ2) is 11.3. The molecule has 144 valence electrons. The quantitative estimate of drug-likeness (QED) is 0.328. The van der Waals surface area contributed by atoms with Crippen LogP contribution in [-0.2, 0) is 4.74 Å². The van der Waals surface area contributed by atoms with Crippen LogP contribution >= 0.6 is 15.9 Å². The maximum absolute atomic E-state index is 6.08. The number of ether oxygens (including phenoxy) is 4. The van der Waals surface area contributed by atoms with Crippen molar-refractivity contribution < 1.29 is 18.9 Å². The van der Waals surface area contributed by atoms with E-state index in [1.54, 1.807) is 14.2 Å². The highest BCUT2D eigenvalue weighted by Gasteiger charge is 2.16. The number of halogens is 1. The summed E-state index contributed by atoms with van der Waals surface area (Å²) in [6.45, 7) is 3.36. The molecule has 5 heteroatoms. The van der Waals surface area contributed by atoms with Crippen molar-refractivity contribution in [3.8, 4) is 17.2 Å². The fourth-order valence-corrected chi connectivity index (χ4v) is 3.32. The first kappa shape index (κ1) is 20.8. The molecule has 0 saturated heterocycles. The van der Waals surface area contributed by atoms with Crippen LogP contribution in [0.1, 0.15) is 32.6 Å². The molecule has 0 aromatic heterocycles. The molecule has 0 N–H and O–H groups in total. The van der Waals surface area contributed by atoms with E-state index in [2.05, 4.69) is 28.9 Å². The third-order valence-electron chi connectivity index (χ3n) is 4.33. The van der Waals surface area contributed by atoms with Gasteiger partial charge in [0.05, 0.1) is 19.8 Å². The smallest absolute Gasteiger partial charge is 0.169 e. The summed E-state index contributed by atoms with van der Waals surface area (Å²) in [4.78, 5) is 0. The van der Waals surface area contributed by atoms with Gasteiger partial charge in [-0.1, -0.05) is 60.0 Å². The normalized spacial score (nSPS) is 12.2. The Labute approximate surface area is 164 Å². The molecule has 0 saturated carbocycles. The topological polar surface area (TPSA) is 36.9 Å². The van der Waals surface area contributed by atoms with Crippen LogP contribution in [0.5, 0.6) is 17.2 Å². The fourth-order valence-electron chi connectivity index (χ4n) is 2.81. The highest BCUT2D eigenvalue weighted by atomic mass is 79.9. The average molecular weight is 425 g/mol. The van der Waals surface area contributed by atoms with Gasteiger partial charge < -0.3 is 18.9 Å². The van der Waals surface area contributed by atoms with E-state index in [1.165, 1.54) is 6.42 Å². The molecule has 0 heterocycles. The van der Waals surface area contributed by atoms with Crippen molar-refractivity contribution in [1.29, 1.82) is 0 Å². The van der Waals surface area contributed by atoms with E-state index in [9.17, 15) is 0 Å². The molecule has 0 aliphatic heterocycles. The van der Waals surface area contributed by atoms with Crippen molar-refractivity contribution in [3.63, 3.8) is 0 Å². The molecular formula is C21H29BrO4. The summed E-state index contributed by atoms with van der Waals surface area (Å²) in [5, 5.41) is 2.91. The monoisotopic (exact) mass is 424 g/mol. The molecule has 2 aromatic carbocycles. The van der Waals surface area contributed by atoms with Gasteiger partial charge in [-0.25, -0.2) is 0 Å². The molecule has 1 atom stereocenters. The van der Waals surface area contributed by atoms with E-state index in [0.717, 1.165) is 46.9 Å². The van der Waals surface area contributed by atoms with Gasteiger partial charge in [-0.15, -0.1) is 0 Å². The first-order valence-corrected chi connectivity index (χ1v) is 10.3. The number of unbranched alkanes of at least 4 members (excludes halogenated alkanes) is 2. The predicted molar refractivity (Wildman–Crippen MR) is 110 cm³/mol. The summed E-state index contributed by atoms with van der Waals surface area (Å²) < 4.78 is 23.2. The number of hydrogen-bond acceptors (Lipinski definition) is 4. The number of methoxy groups -OCH3 is 2. The van der Waals surface area contributed by atoms with Crippen molar-refractivity contribution in [3.05, 3.63) is 30.3 Å². The summed E-state index contributed by atoms with van der Waals surface area (Å²) in [6.07, 6.45) is 4.30. The Bertz CT molecular complexity index is 674. The third-order valence-corrected chi connectivity index (χ3v) is 4.78. The molecule has 2 rings (SSSR count). The summed E-state index contributed by atoms with van der Waals surface area (Å²) in [6, 6.07) is 10.0. The molecule has 1 unspecified atom stereocenters. The van der Waals surface area contributed by atoms with Gasteiger partial charge in [0.15, 0.2) is 11.5 Å². The Kier molecular flexibility index (Phi) is 9.06. The van der Waals surface area contributed by atoms with Gasteiger partial charge in [-0.3, -0.25) is 0 Å². The second-order valence-electron chi connectivity index (χ2n) is 6.15. The molecule has 0 amide bonds. The van der Waals surface area contributed by atoms with Crippen LogP contribution in [0.2, 0.25) is 0 Å². The summed E-state index contributed by atoms with van der Waals surface area (Å²) in [7, 11) is 3.37. The maximum Gasteiger partial charge on any atom is 0.169 e. The van der Waals surface area contributed by atoms with Gasteiger partial charge in [0.1, 0.15) is 12.4 Å². The van der Waals surface area contributed by atoms with Gasteiger partial charge in [-0.2, -0.15) is 0 Å². The Morgan fingerprint density at radius 1 is 1.00 bits per heavy atom. The van der Waals surface area contributed by atoms with E-state index in [1.807, 2.05) is 24.3 Å². The zero-order valence-electron chi connectivity index (χ0n) is 15.9. The molecular weight excluding hydrogens is 396 g/mol. The molecule has 2 aromatic rings. The third kappa shape index (κ3) is 5.52. The van der Waals surface area contributed by atoms with Crippen LogP contribution in [0.4, 0.5) is 0 Å². The number of hydrogen-bond donors (Lipinski definition) is 0. The van der Waals surface area contributed by atoms with Crippen LogP contribution in [0.15, 0.2) is 30.3 Å². The van der Waals surface area contributed by atoms with Crippen molar-refractivity contribution in [2.75, 3.05) is 32.8 Å². The van der Waals surface area contributed by atoms with Crippen molar-refractivity contribution in [1.82, 2.24) is 0 Å². The number of fused-ring (bicyclic) bond motifs is 1. The Balaban J connectivity index is 2.28. The van der Waals surface area contributed by atoms with Gasteiger partial charge in [-0.05, 0) is 12.8 Å². The molecule has 0 spiro atoms. The zero-order chi connectivity index (χ0) is 18.8. The minimum atomic E-state index is 0.0455. The lowest BCUT2D eigenvalue weighted by Gasteiger charge is -2.19. The highest BCUT2D eigenvalue weighted by molar-refractivity contribution is 9.09. The maximum atomic E-state index is 6.08. The van der Waals surface area contributed by atoms with Crippen LogP contribution < -0.4 is 14.2 Å². The minimum Gasteiger partial charge on any atom is -0.493 e. The average Bonchev–Trinajstić information content (AvgIpc) is 2.68. The summed E-state index contributed by atoms with van der Waals surface area (Å²) in [5.41, 5.74) is 0. The lowest BCUT2D eigenvalue weighted by atomic mass is 10.1. The van der Waals surface area contributed by atoms with E-state index in [0.29, 0.717) is 19.0 Å². The van der Waals surface area contributed by atoms with Gasteiger partial charge in [0, 0.05) is 29.3 Å². The SMILES string of the molecule is CCCCCOc1c(OC)cc(OCC(CCBr)OC)c2ccccc12. The van der Waals surface area contributed by atoms with E-state index in [-0.39, 0.29) is 6.10 Å². The predicted octanol–water partition coefficient (Wildman–Crippen LogP) is 5.60. The molecule has 0 radical (unpaired) electrons. The van der Waals surface area contributed by atoms with Crippen molar-refractivity contribution >= 4 is 26.7 Å². The van der Waals surface area contributed by atoms with Crippen LogP contribution in [0, 0.1) is 0 Å². The molecule has 0 bridgehead atoms. The van der Waals surface area contributed by atoms with Crippen molar-refractivity contribution in [2.24, 2.45) is 0 Å². The highest BCUT2D eigenvalue weighted by Crippen LogP contribution is 2.41. The van der Waals surface area contributed by atoms with Gasteiger partial charge in [0.25, 0.3) is 0 Å². The molecule has 4 nitrogen and oxygen atoms in total.